The summed E-state index contributed by atoms with van der Waals surface area (Å²) >= 11 is 0. The SMILES string of the molecule is CCCCCCCCC(=C[N+]1(CCO)C=NCC1)CCCC. The maximum absolute atomic E-state index is 9.37. The predicted molar refractivity (Wildman–Crippen MR) is 96.0 cm³/mol. The fraction of sp³-hybridized carbons (Fsp3) is 0.842. The summed E-state index contributed by atoms with van der Waals surface area (Å²) in [5.41, 5.74) is 1.58. The van der Waals surface area contributed by atoms with Crippen LogP contribution in [0.4, 0.5) is 0 Å². The number of aliphatic imine (C=N–C) groups is 1. The molecule has 1 aliphatic rings. The van der Waals surface area contributed by atoms with Gasteiger partial charge in [0.1, 0.15) is 19.3 Å². The number of unbranched alkanes of at least 4 members (excludes halogenated alkanes) is 6. The molecular weight excluding hydrogens is 272 g/mol. The molecule has 1 heterocycles. The molecule has 1 rings (SSSR count). The van der Waals surface area contributed by atoms with Crippen LogP contribution in [0.1, 0.15) is 78.1 Å². The smallest absolute Gasteiger partial charge is 0.190 e. The van der Waals surface area contributed by atoms with Gasteiger partial charge in [-0.2, -0.15) is 0 Å². The zero-order chi connectivity index (χ0) is 16.1. The van der Waals surface area contributed by atoms with E-state index in [-0.39, 0.29) is 6.61 Å². The van der Waals surface area contributed by atoms with Gasteiger partial charge in [-0.15, -0.1) is 0 Å². The molecule has 3 heteroatoms. The maximum atomic E-state index is 9.37. The van der Waals surface area contributed by atoms with Crippen molar-refractivity contribution in [2.75, 3.05) is 26.2 Å². The van der Waals surface area contributed by atoms with E-state index in [9.17, 15) is 5.11 Å². The van der Waals surface area contributed by atoms with Crippen LogP contribution in [0.3, 0.4) is 0 Å². The Hall–Kier alpha value is -0.670. The van der Waals surface area contributed by atoms with Gasteiger partial charge < -0.3 is 5.11 Å². The minimum Gasteiger partial charge on any atom is -0.390 e. The fourth-order valence-corrected chi connectivity index (χ4v) is 3.19. The summed E-state index contributed by atoms with van der Waals surface area (Å²) in [6.45, 7) is 7.46. The lowest BCUT2D eigenvalue weighted by Crippen LogP contribution is -2.42. The summed E-state index contributed by atoms with van der Waals surface area (Å²) in [5, 5.41) is 9.37. The first-order chi connectivity index (χ1) is 10.8. The van der Waals surface area contributed by atoms with Gasteiger partial charge in [-0.3, -0.25) is 4.48 Å². The van der Waals surface area contributed by atoms with Crippen LogP contribution in [0.5, 0.6) is 0 Å². The van der Waals surface area contributed by atoms with Crippen molar-refractivity contribution in [3.8, 4) is 0 Å². The van der Waals surface area contributed by atoms with E-state index in [4.69, 9.17) is 0 Å². The minimum atomic E-state index is 0.237. The van der Waals surface area contributed by atoms with Crippen LogP contribution in [0, 0.1) is 0 Å². The van der Waals surface area contributed by atoms with E-state index in [0.717, 1.165) is 24.1 Å². The molecule has 0 amide bonds. The van der Waals surface area contributed by atoms with Gasteiger partial charge >= 0.3 is 0 Å². The standard InChI is InChI=1S/C19H37N2O/c1-3-5-7-8-9-10-12-19(11-6-4-2)17-21(15-16-22)14-13-20-18-21/h17-18,22H,3-16H2,1-2H3/q+1. The van der Waals surface area contributed by atoms with Gasteiger partial charge in [-0.1, -0.05) is 52.4 Å². The summed E-state index contributed by atoms with van der Waals surface area (Å²) in [6.07, 6.45) is 17.6. The van der Waals surface area contributed by atoms with Crippen LogP contribution in [0.15, 0.2) is 16.8 Å². The number of rotatable bonds is 13. The van der Waals surface area contributed by atoms with Crippen molar-refractivity contribution in [3.63, 3.8) is 0 Å². The zero-order valence-corrected chi connectivity index (χ0v) is 14.9. The van der Waals surface area contributed by atoms with Crippen LogP contribution in [0.2, 0.25) is 0 Å². The van der Waals surface area contributed by atoms with Crippen molar-refractivity contribution in [1.82, 2.24) is 0 Å². The van der Waals surface area contributed by atoms with E-state index in [1.54, 1.807) is 5.57 Å². The largest absolute Gasteiger partial charge is 0.390 e. The normalized spacial score (nSPS) is 21.7. The molecule has 0 fully saturated rings. The molecular formula is C19H37N2O+. The Bertz CT molecular complexity index is 338. The highest BCUT2D eigenvalue weighted by Crippen LogP contribution is 2.21. The number of aliphatic hydroxyl groups excluding tert-OH is 1. The van der Waals surface area contributed by atoms with Crippen molar-refractivity contribution in [1.29, 1.82) is 0 Å². The van der Waals surface area contributed by atoms with Gasteiger partial charge in [0, 0.05) is 0 Å². The van der Waals surface area contributed by atoms with Crippen LogP contribution >= 0.6 is 0 Å². The summed E-state index contributed by atoms with van der Waals surface area (Å²) in [5.74, 6) is 0. The number of hydrogen-bond donors (Lipinski definition) is 1. The number of quaternary nitrogens is 1. The Balaban J connectivity index is 2.50. The van der Waals surface area contributed by atoms with Crippen LogP contribution in [0.25, 0.3) is 0 Å². The molecule has 0 aliphatic carbocycles. The van der Waals surface area contributed by atoms with E-state index < -0.39 is 0 Å². The van der Waals surface area contributed by atoms with E-state index in [2.05, 4.69) is 25.0 Å². The first-order valence-electron chi connectivity index (χ1n) is 9.45. The first kappa shape index (κ1) is 19.4. The summed E-state index contributed by atoms with van der Waals surface area (Å²) in [4.78, 5) is 4.41. The minimum absolute atomic E-state index is 0.237. The van der Waals surface area contributed by atoms with Gasteiger partial charge in [-0.05, 0) is 31.3 Å². The second-order valence-electron chi connectivity index (χ2n) is 6.70. The Morgan fingerprint density at radius 1 is 1.05 bits per heavy atom. The molecule has 0 aromatic rings. The number of nitrogens with zero attached hydrogens (tertiary/aromatic N) is 2. The first-order valence-corrected chi connectivity index (χ1v) is 9.45. The molecule has 1 N–H and O–H groups in total. The third-order valence-corrected chi connectivity index (χ3v) is 4.62. The highest BCUT2D eigenvalue weighted by atomic mass is 16.3. The molecule has 0 saturated carbocycles. The molecule has 3 nitrogen and oxygen atoms in total. The number of allylic oxidation sites excluding steroid dienone is 1. The van der Waals surface area contributed by atoms with Gasteiger partial charge in [-0.25, -0.2) is 4.99 Å². The third-order valence-electron chi connectivity index (χ3n) is 4.62. The Kier molecular flexibility index (Phi) is 10.4. The lowest BCUT2D eigenvalue weighted by atomic mass is 10.0. The van der Waals surface area contributed by atoms with Gasteiger partial charge in [0.25, 0.3) is 0 Å². The monoisotopic (exact) mass is 309 g/mol. The van der Waals surface area contributed by atoms with E-state index in [0.29, 0.717) is 0 Å². The predicted octanol–water partition coefficient (Wildman–Crippen LogP) is 4.66. The summed E-state index contributed by atoms with van der Waals surface area (Å²) in [6, 6.07) is 0. The molecule has 22 heavy (non-hydrogen) atoms. The lowest BCUT2D eigenvalue weighted by Gasteiger charge is -2.26. The van der Waals surface area contributed by atoms with Crippen molar-refractivity contribution in [3.05, 3.63) is 11.8 Å². The highest BCUT2D eigenvalue weighted by molar-refractivity contribution is 5.49. The molecule has 1 aliphatic heterocycles. The fourth-order valence-electron chi connectivity index (χ4n) is 3.19. The van der Waals surface area contributed by atoms with Crippen molar-refractivity contribution in [2.24, 2.45) is 4.99 Å². The van der Waals surface area contributed by atoms with Gasteiger partial charge in [0.2, 0.25) is 0 Å². The molecule has 0 saturated heterocycles. The molecule has 1 unspecified atom stereocenters. The zero-order valence-electron chi connectivity index (χ0n) is 14.9. The second-order valence-corrected chi connectivity index (χ2v) is 6.70. The lowest BCUT2D eigenvalue weighted by molar-refractivity contribution is -0.775. The topological polar surface area (TPSA) is 32.6 Å². The highest BCUT2D eigenvalue weighted by Gasteiger charge is 2.27. The maximum Gasteiger partial charge on any atom is 0.190 e. The molecule has 1 atom stereocenters. The Morgan fingerprint density at radius 2 is 1.73 bits per heavy atom. The van der Waals surface area contributed by atoms with Crippen LogP contribution < -0.4 is 0 Å². The summed E-state index contributed by atoms with van der Waals surface area (Å²) < 4.78 is 0.769. The Labute approximate surface area is 137 Å². The van der Waals surface area contributed by atoms with Gasteiger partial charge in [0.05, 0.1) is 13.2 Å². The molecule has 0 aromatic heterocycles. The van der Waals surface area contributed by atoms with E-state index in [1.807, 2.05) is 6.34 Å². The van der Waals surface area contributed by atoms with Gasteiger partial charge in [0.15, 0.2) is 6.34 Å². The quantitative estimate of drug-likeness (QED) is 0.389. The van der Waals surface area contributed by atoms with E-state index >= 15 is 0 Å². The third kappa shape index (κ3) is 7.55. The second kappa shape index (κ2) is 11.8. The average molecular weight is 310 g/mol. The molecule has 128 valence electrons. The van der Waals surface area contributed by atoms with Crippen molar-refractivity contribution >= 4 is 6.34 Å². The van der Waals surface area contributed by atoms with E-state index in [1.165, 1.54) is 64.2 Å². The number of aliphatic hydroxyl groups is 1. The molecule has 0 bridgehead atoms. The van der Waals surface area contributed by atoms with Crippen LogP contribution in [-0.4, -0.2) is 42.2 Å². The van der Waals surface area contributed by atoms with Crippen LogP contribution in [-0.2, 0) is 0 Å². The van der Waals surface area contributed by atoms with Crippen molar-refractivity contribution < 1.29 is 9.59 Å². The average Bonchev–Trinajstić information content (AvgIpc) is 2.97. The molecule has 0 aromatic carbocycles. The van der Waals surface area contributed by atoms with Crippen molar-refractivity contribution in [2.45, 2.75) is 78.1 Å². The molecule has 0 radical (unpaired) electrons. The Morgan fingerprint density at radius 3 is 2.36 bits per heavy atom. The molecule has 0 spiro atoms. The summed E-state index contributed by atoms with van der Waals surface area (Å²) in [7, 11) is 0. The number of hydrogen-bond acceptors (Lipinski definition) is 2.